The number of hydrogen-bond donors (Lipinski definition) is 3. The van der Waals surface area contributed by atoms with Crippen molar-refractivity contribution in [2.24, 2.45) is 5.73 Å². The Morgan fingerprint density at radius 2 is 1.48 bits per heavy atom. The summed E-state index contributed by atoms with van der Waals surface area (Å²) in [6, 6.07) is 28.6. The summed E-state index contributed by atoms with van der Waals surface area (Å²) in [6.07, 6.45) is 2.38. The molecule has 0 fully saturated rings. The minimum atomic E-state index is -4.00. The molecule has 10 nitrogen and oxygen atoms in total. The Bertz CT molecular complexity index is 1850. The van der Waals surface area contributed by atoms with Gasteiger partial charge in [-0.05, 0) is 72.9 Å². The number of nitrogen functional groups attached to an aromatic ring is 1. The Morgan fingerprint density at radius 3 is 2.07 bits per heavy atom. The van der Waals surface area contributed by atoms with E-state index < -0.39 is 20.1 Å². The minimum absolute atomic E-state index is 0.00248. The SMILES string of the molecule is CN(c1ccc2c(c1)CCCN2C(=O)CCc1ccccc1C(=N)N)S(=O)(=O)c1ccccc1.O=S(=O)(O)c1ccccc1. The van der Waals surface area contributed by atoms with Crippen molar-refractivity contribution in [2.75, 3.05) is 22.8 Å². The van der Waals surface area contributed by atoms with Crippen molar-refractivity contribution in [1.29, 1.82) is 5.41 Å². The fraction of sp³-hybridized carbons (Fsp3) is 0.188. The second-order valence-corrected chi connectivity index (χ2v) is 13.5. The van der Waals surface area contributed by atoms with E-state index >= 15 is 0 Å². The molecule has 4 N–H and O–H groups in total. The van der Waals surface area contributed by atoms with Crippen molar-refractivity contribution in [1.82, 2.24) is 0 Å². The zero-order chi connectivity index (χ0) is 31.9. The van der Waals surface area contributed by atoms with Crippen LogP contribution in [0.3, 0.4) is 0 Å². The Balaban J connectivity index is 0.000000375. The topological polar surface area (TPSA) is 162 Å². The Labute approximate surface area is 258 Å². The molecule has 0 aliphatic carbocycles. The Kier molecular flexibility index (Phi) is 10.2. The molecule has 5 rings (SSSR count). The number of anilines is 2. The molecule has 4 aromatic carbocycles. The molecule has 44 heavy (non-hydrogen) atoms. The molecule has 0 bridgehead atoms. The first-order chi connectivity index (χ1) is 20.9. The van der Waals surface area contributed by atoms with Crippen LogP contribution in [0.5, 0.6) is 0 Å². The van der Waals surface area contributed by atoms with Crippen LogP contribution in [0.15, 0.2) is 113 Å². The number of nitrogens with zero attached hydrogens (tertiary/aromatic N) is 2. The second kappa shape index (κ2) is 13.8. The maximum absolute atomic E-state index is 13.1. The fourth-order valence-electron chi connectivity index (χ4n) is 4.90. The number of aryl methyl sites for hydroxylation is 2. The first-order valence-electron chi connectivity index (χ1n) is 13.8. The summed E-state index contributed by atoms with van der Waals surface area (Å²) in [5, 5.41) is 7.74. The zero-order valence-corrected chi connectivity index (χ0v) is 25.8. The second-order valence-electron chi connectivity index (χ2n) is 10.1. The monoisotopic (exact) mass is 634 g/mol. The number of hydrogen-bond acceptors (Lipinski definition) is 6. The molecular formula is C32H34N4O6S2. The standard InChI is InChI=1S/C26H28N4O3S.C6H6O3S/c1-29(34(32,33)22-10-3-2-4-11-22)21-14-15-24-20(18-21)9-7-17-30(24)25(31)16-13-19-8-5-6-12-23(19)26(27)28;7-10(8,9)6-4-2-1-3-5-6/h2-6,8,10-12,14-15,18H,7,9,13,16-17H2,1H3,(H3,27,28);1-5H,(H,7,8,9). The van der Waals surface area contributed by atoms with E-state index in [1.165, 1.54) is 16.4 Å². The van der Waals surface area contributed by atoms with Crippen molar-refractivity contribution >= 4 is 43.3 Å². The largest absolute Gasteiger partial charge is 0.384 e. The molecule has 0 radical (unpaired) electrons. The van der Waals surface area contributed by atoms with Crippen molar-refractivity contribution < 1.29 is 26.2 Å². The number of nitrogens with two attached hydrogens (primary N) is 1. The maximum Gasteiger partial charge on any atom is 0.294 e. The summed E-state index contributed by atoms with van der Waals surface area (Å²) in [5.74, 6) is -0.00853. The lowest BCUT2D eigenvalue weighted by Crippen LogP contribution is -2.36. The highest BCUT2D eigenvalue weighted by Gasteiger charge is 2.26. The van der Waals surface area contributed by atoms with E-state index in [4.69, 9.17) is 15.7 Å². The van der Waals surface area contributed by atoms with E-state index in [-0.39, 0.29) is 21.5 Å². The highest BCUT2D eigenvalue weighted by molar-refractivity contribution is 7.92. The van der Waals surface area contributed by atoms with E-state index in [1.807, 2.05) is 30.3 Å². The van der Waals surface area contributed by atoms with Gasteiger partial charge in [-0.3, -0.25) is 19.1 Å². The van der Waals surface area contributed by atoms with Crippen molar-refractivity contribution in [2.45, 2.75) is 35.5 Å². The van der Waals surface area contributed by atoms with Crippen LogP contribution in [-0.4, -0.2) is 46.7 Å². The van der Waals surface area contributed by atoms with Gasteiger partial charge in [0, 0.05) is 31.3 Å². The normalized spacial score (nSPS) is 12.8. The smallest absolute Gasteiger partial charge is 0.294 e. The Hall–Kier alpha value is -4.52. The third-order valence-corrected chi connectivity index (χ3v) is 9.87. The number of carbonyl (C=O) groups excluding carboxylic acids is 1. The van der Waals surface area contributed by atoms with Crippen LogP contribution in [0, 0.1) is 5.41 Å². The molecule has 1 aliphatic rings. The van der Waals surface area contributed by atoms with Gasteiger partial charge in [-0.2, -0.15) is 8.42 Å². The highest BCUT2D eigenvalue weighted by Crippen LogP contribution is 2.33. The maximum atomic E-state index is 13.1. The lowest BCUT2D eigenvalue weighted by molar-refractivity contribution is -0.118. The van der Waals surface area contributed by atoms with Crippen molar-refractivity contribution in [3.05, 3.63) is 120 Å². The van der Waals surface area contributed by atoms with E-state index in [0.717, 1.165) is 29.7 Å². The number of amides is 1. The first-order valence-corrected chi connectivity index (χ1v) is 16.7. The summed E-state index contributed by atoms with van der Waals surface area (Å²) >= 11 is 0. The van der Waals surface area contributed by atoms with E-state index in [9.17, 15) is 21.6 Å². The van der Waals surface area contributed by atoms with Gasteiger partial charge in [0.05, 0.1) is 15.5 Å². The third-order valence-electron chi connectivity index (χ3n) is 7.20. The molecule has 4 aromatic rings. The van der Waals surface area contributed by atoms with Gasteiger partial charge in [-0.25, -0.2) is 8.42 Å². The predicted octanol–water partition coefficient (Wildman–Crippen LogP) is 4.64. The van der Waals surface area contributed by atoms with Crippen LogP contribution < -0.4 is 14.9 Å². The molecule has 0 saturated heterocycles. The number of sulfonamides is 1. The molecule has 230 valence electrons. The Morgan fingerprint density at radius 1 is 0.886 bits per heavy atom. The minimum Gasteiger partial charge on any atom is -0.384 e. The average molecular weight is 635 g/mol. The molecule has 0 spiro atoms. The summed E-state index contributed by atoms with van der Waals surface area (Å²) in [4.78, 5) is 15.1. The zero-order valence-electron chi connectivity index (χ0n) is 24.1. The number of fused-ring (bicyclic) bond motifs is 1. The molecule has 0 atom stereocenters. The number of rotatable bonds is 8. The lowest BCUT2D eigenvalue weighted by Gasteiger charge is -2.31. The van der Waals surface area contributed by atoms with Gasteiger partial charge in [0.25, 0.3) is 20.1 Å². The van der Waals surface area contributed by atoms with Crippen LogP contribution in [-0.2, 0) is 37.8 Å². The summed E-state index contributed by atoms with van der Waals surface area (Å²) in [6.45, 7) is 0.623. The quantitative estimate of drug-likeness (QED) is 0.144. The van der Waals surface area contributed by atoms with Crippen molar-refractivity contribution in [3.63, 3.8) is 0 Å². The van der Waals surface area contributed by atoms with Crippen molar-refractivity contribution in [3.8, 4) is 0 Å². The number of nitrogens with one attached hydrogen (secondary N) is 1. The first kappa shape index (κ1) is 32.4. The summed E-state index contributed by atoms with van der Waals surface area (Å²) < 4.78 is 56.5. The molecule has 0 aromatic heterocycles. The van der Waals surface area contributed by atoms with E-state index in [0.29, 0.717) is 30.6 Å². The van der Waals surface area contributed by atoms with Gasteiger partial charge >= 0.3 is 0 Å². The molecule has 1 aliphatic heterocycles. The fourth-order valence-corrected chi connectivity index (χ4v) is 6.61. The van der Waals surface area contributed by atoms with Gasteiger partial charge in [0.15, 0.2) is 0 Å². The molecule has 12 heteroatoms. The van der Waals surface area contributed by atoms with Crippen LogP contribution >= 0.6 is 0 Å². The van der Waals surface area contributed by atoms with Crippen LogP contribution in [0.4, 0.5) is 11.4 Å². The highest BCUT2D eigenvalue weighted by atomic mass is 32.2. The van der Waals surface area contributed by atoms with Gasteiger partial charge < -0.3 is 10.6 Å². The van der Waals surface area contributed by atoms with Gasteiger partial charge in [-0.15, -0.1) is 0 Å². The summed E-state index contributed by atoms with van der Waals surface area (Å²) in [5.41, 5.74) is 9.55. The molecule has 0 saturated carbocycles. The van der Waals surface area contributed by atoms with Gasteiger partial charge in [0.1, 0.15) is 5.84 Å². The van der Waals surface area contributed by atoms with E-state index in [2.05, 4.69) is 0 Å². The van der Waals surface area contributed by atoms with Crippen LogP contribution in [0.25, 0.3) is 0 Å². The molecule has 1 heterocycles. The molecular weight excluding hydrogens is 601 g/mol. The molecule has 0 unspecified atom stereocenters. The number of amidine groups is 1. The number of carbonyl (C=O) groups is 1. The number of benzene rings is 4. The van der Waals surface area contributed by atoms with E-state index in [1.54, 1.807) is 72.6 Å². The lowest BCUT2D eigenvalue weighted by atomic mass is 9.99. The van der Waals surface area contributed by atoms with Gasteiger partial charge in [-0.1, -0.05) is 60.7 Å². The average Bonchev–Trinajstić information content (AvgIpc) is 3.03. The van der Waals surface area contributed by atoms with Gasteiger partial charge in [0.2, 0.25) is 5.91 Å². The predicted molar refractivity (Wildman–Crippen MR) is 171 cm³/mol. The third kappa shape index (κ3) is 7.70. The van der Waals surface area contributed by atoms with Crippen LogP contribution in [0.2, 0.25) is 0 Å². The van der Waals surface area contributed by atoms with Crippen LogP contribution in [0.1, 0.15) is 29.5 Å². The molecule has 1 amide bonds. The summed E-state index contributed by atoms with van der Waals surface area (Å²) in [7, 11) is -6.13.